The Bertz CT molecular complexity index is 564. The second kappa shape index (κ2) is 6.88. The molecule has 0 spiro atoms. The average Bonchev–Trinajstić information content (AvgIpc) is 3.00. The Kier molecular flexibility index (Phi) is 4.92. The molecule has 2 rings (SSSR count). The molecule has 21 heavy (non-hydrogen) atoms. The van der Waals surface area contributed by atoms with Gasteiger partial charge in [0.2, 0.25) is 0 Å². The number of ether oxygens (including phenoxy) is 1. The molecule has 6 heteroatoms. The normalized spacial score (nSPS) is 12.2. The van der Waals surface area contributed by atoms with E-state index in [1.54, 1.807) is 24.3 Å². The monoisotopic (exact) mass is 288 g/mol. The summed E-state index contributed by atoms with van der Waals surface area (Å²) in [6.45, 7) is 6.69. The van der Waals surface area contributed by atoms with Gasteiger partial charge in [-0.2, -0.15) is 5.10 Å². The van der Waals surface area contributed by atoms with E-state index in [9.17, 15) is 4.79 Å². The Morgan fingerprint density at radius 3 is 2.57 bits per heavy atom. The summed E-state index contributed by atoms with van der Waals surface area (Å²) in [5.41, 5.74) is 0.582. The largest absolute Gasteiger partial charge is 0.493 e. The lowest BCUT2D eigenvalue weighted by Crippen LogP contribution is -2.27. The Hall–Kier alpha value is -2.37. The Labute approximate surface area is 123 Å². The molecule has 1 unspecified atom stereocenters. The quantitative estimate of drug-likeness (QED) is 0.855. The summed E-state index contributed by atoms with van der Waals surface area (Å²) in [5, 5.41) is 9.35. The van der Waals surface area contributed by atoms with Crippen molar-refractivity contribution in [2.45, 2.75) is 26.8 Å². The molecule has 1 amide bonds. The second-order valence-corrected chi connectivity index (χ2v) is 5.30. The Balaban J connectivity index is 1.93. The van der Waals surface area contributed by atoms with E-state index in [0.717, 1.165) is 5.75 Å². The number of benzene rings is 1. The first-order valence-electron chi connectivity index (χ1n) is 6.95. The highest BCUT2D eigenvalue weighted by atomic mass is 16.5. The molecule has 0 radical (unpaired) electrons. The maximum atomic E-state index is 12.1. The predicted molar refractivity (Wildman–Crippen MR) is 79.0 cm³/mol. The smallest absolute Gasteiger partial charge is 0.251 e. The summed E-state index contributed by atoms with van der Waals surface area (Å²) < 4.78 is 5.59. The van der Waals surface area contributed by atoms with Gasteiger partial charge in [-0.05, 0) is 37.1 Å². The summed E-state index contributed by atoms with van der Waals surface area (Å²) in [4.78, 5) is 16.1. The lowest BCUT2D eigenvalue weighted by atomic mass is 10.2. The van der Waals surface area contributed by atoms with Crippen LogP contribution in [0.25, 0.3) is 0 Å². The number of nitrogens with one attached hydrogen (secondary N) is 2. The summed E-state index contributed by atoms with van der Waals surface area (Å²) in [6.07, 6.45) is 1.42. The molecule has 1 aromatic heterocycles. The number of aromatic amines is 1. The van der Waals surface area contributed by atoms with Crippen molar-refractivity contribution in [3.05, 3.63) is 42.0 Å². The molecule has 6 nitrogen and oxygen atoms in total. The Morgan fingerprint density at radius 1 is 1.29 bits per heavy atom. The SMILES string of the molecule is CC(C)COc1ccc(C(=O)NC(C)c2ncn[nH]2)cc1. The predicted octanol–water partition coefficient (Wildman–Crippen LogP) is 2.33. The van der Waals surface area contributed by atoms with Gasteiger partial charge in [0.25, 0.3) is 5.91 Å². The van der Waals surface area contributed by atoms with E-state index in [1.165, 1.54) is 6.33 Å². The van der Waals surface area contributed by atoms with Crippen molar-refractivity contribution in [3.63, 3.8) is 0 Å². The lowest BCUT2D eigenvalue weighted by Gasteiger charge is -2.12. The third kappa shape index (κ3) is 4.30. The average molecular weight is 288 g/mol. The number of aromatic nitrogens is 3. The third-order valence-corrected chi connectivity index (χ3v) is 2.89. The minimum absolute atomic E-state index is 0.158. The molecule has 1 heterocycles. The number of carbonyl (C=O) groups excluding carboxylic acids is 1. The van der Waals surface area contributed by atoms with Crippen LogP contribution in [0.5, 0.6) is 5.75 Å². The van der Waals surface area contributed by atoms with E-state index in [-0.39, 0.29) is 11.9 Å². The number of hydrogen-bond donors (Lipinski definition) is 2. The van der Waals surface area contributed by atoms with Gasteiger partial charge in [0.1, 0.15) is 17.9 Å². The van der Waals surface area contributed by atoms with Gasteiger partial charge in [0, 0.05) is 5.56 Å². The fourth-order valence-corrected chi connectivity index (χ4v) is 1.74. The molecule has 0 fully saturated rings. The van der Waals surface area contributed by atoms with Crippen LogP contribution in [0.1, 0.15) is 43.0 Å². The zero-order valence-corrected chi connectivity index (χ0v) is 12.5. The molecule has 2 N–H and O–H groups in total. The maximum absolute atomic E-state index is 12.1. The molecule has 1 aromatic carbocycles. The van der Waals surface area contributed by atoms with Crippen molar-refractivity contribution >= 4 is 5.91 Å². The van der Waals surface area contributed by atoms with Crippen LogP contribution in [0.2, 0.25) is 0 Å². The first-order chi connectivity index (χ1) is 10.1. The molecule has 0 aliphatic rings. The van der Waals surface area contributed by atoms with E-state index in [1.807, 2.05) is 6.92 Å². The van der Waals surface area contributed by atoms with Crippen molar-refractivity contribution in [3.8, 4) is 5.75 Å². The molecule has 0 bridgehead atoms. The van der Waals surface area contributed by atoms with Crippen molar-refractivity contribution in [1.82, 2.24) is 20.5 Å². The van der Waals surface area contributed by atoms with Crippen LogP contribution in [-0.2, 0) is 0 Å². The number of H-pyrrole nitrogens is 1. The van der Waals surface area contributed by atoms with Crippen LogP contribution < -0.4 is 10.1 Å². The molecule has 112 valence electrons. The van der Waals surface area contributed by atoms with E-state index < -0.39 is 0 Å². The third-order valence-electron chi connectivity index (χ3n) is 2.89. The second-order valence-electron chi connectivity index (χ2n) is 5.30. The van der Waals surface area contributed by atoms with Gasteiger partial charge in [0.15, 0.2) is 0 Å². The van der Waals surface area contributed by atoms with Crippen molar-refractivity contribution in [1.29, 1.82) is 0 Å². The van der Waals surface area contributed by atoms with Crippen LogP contribution in [0.3, 0.4) is 0 Å². The van der Waals surface area contributed by atoms with E-state index in [4.69, 9.17) is 4.74 Å². The maximum Gasteiger partial charge on any atom is 0.251 e. The summed E-state index contributed by atoms with van der Waals surface area (Å²) >= 11 is 0. The number of amides is 1. The van der Waals surface area contributed by atoms with E-state index in [2.05, 4.69) is 34.3 Å². The fraction of sp³-hybridized carbons (Fsp3) is 0.400. The van der Waals surface area contributed by atoms with Crippen LogP contribution in [-0.4, -0.2) is 27.7 Å². The molecular weight excluding hydrogens is 268 g/mol. The summed E-state index contributed by atoms with van der Waals surface area (Å²) in [6, 6.07) is 6.88. The Morgan fingerprint density at radius 2 is 2.00 bits per heavy atom. The minimum atomic E-state index is -0.225. The molecule has 1 atom stereocenters. The highest BCUT2D eigenvalue weighted by Crippen LogP contribution is 2.14. The first-order valence-corrected chi connectivity index (χ1v) is 6.95. The molecule has 0 saturated heterocycles. The fourth-order valence-electron chi connectivity index (χ4n) is 1.74. The van der Waals surface area contributed by atoms with Gasteiger partial charge < -0.3 is 10.1 Å². The van der Waals surface area contributed by atoms with Gasteiger partial charge in [0.05, 0.1) is 12.6 Å². The number of rotatable bonds is 6. The van der Waals surface area contributed by atoms with Gasteiger partial charge >= 0.3 is 0 Å². The van der Waals surface area contributed by atoms with Crippen LogP contribution in [0.15, 0.2) is 30.6 Å². The molecule has 0 saturated carbocycles. The first kappa shape index (κ1) is 15.0. The van der Waals surface area contributed by atoms with Gasteiger partial charge in [-0.1, -0.05) is 13.8 Å². The highest BCUT2D eigenvalue weighted by molar-refractivity contribution is 5.94. The van der Waals surface area contributed by atoms with Crippen molar-refractivity contribution in [2.24, 2.45) is 5.92 Å². The van der Waals surface area contributed by atoms with E-state index >= 15 is 0 Å². The summed E-state index contributed by atoms with van der Waals surface area (Å²) in [7, 11) is 0. The van der Waals surface area contributed by atoms with Crippen LogP contribution >= 0.6 is 0 Å². The zero-order valence-electron chi connectivity index (χ0n) is 12.5. The van der Waals surface area contributed by atoms with Crippen LogP contribution in [0, 0.1) is 5.92 Å². The molecule has 0 aliphatic heterocycles. The van der Waals surface area contributed by atoms with Crippen molar-refractivity contribution < 1.29 is 9.53 Å². The standard InChI is InChI=1S/C15H20N4O2/c1-10(2)8-21-13-6-4-12(5-7-13)15(20)18-11(3)14-16-9-17-19-14/h4-7,9-11H,8H2,1-3H3,(H,18,20)(H,16,17,19). The number of carbonyl (C=O) groups is 1. The van der Waals surface area contributed by atoms with Crippen molar-refractivity contribution in [2.75, 3.05) is 6.61 Å². The number of hydrogen-bond acceptors (Lipinski definition) is 4. The van der Waals surface area contributed by atoms with Gasteiger partial charge in [-0.15, -0.1) is 0 Å². The topological polar surface area (TPSA) is 79.9 Å². The molecule has 0 aliphatic carbocycles. The summed E-state index contributed by atoms with van der Waals surface area (Å²) in [5.74, 6) is 1.70. The van der Waals surface area contributed by atoms with E-state index in [0.29, 0.717) is 23.9 Å². The number of nitrogens with zero attached hydrogens (tertiary/aromatic N) is 2. The van der Waals surface area contributed by atoms with Crippen LogP contribution in [0.4, 0.5) is 0 Å². The lowest BCUT2D eigenvalue weighted by molar-refractivity contribution is 0.0938. The van der Waals surface area contributed by atoms with Gasteiger partial charge in [-0.3, -0.25) is 9.89 Å². The van der Waals surface area contributed by atoms with Gasteiger partial charge in [-0.25, -0.2) is 4.98 Å². The molecule has 2 aromatic rings. The molecular formula is C15H20N4O2. The highest BCUT2D eigenvalue weighted by Gasteiger charge is 2.13. The zero-order chi connectivity index (χ0) is 15.2. The minimum Gasteiger partial charge on any atom is -0.493 e.